The summed E-state index contributed by atoms with van der Waals surface area (Å²) in [5.41, 5.74) is -0.441. The van der Waals surface area contributed by atoms with Gasteiger partial charge in [-0.05, 0) is 10.8 Å². The fraction of sp³-hybridized carbons (Fsp3) is 0. The van der Waals surface area contributed by atoms with Gasteiger partial charge in [-0.15, -0.1) is 0 Å². The molecule has 0 aromatic heterocycles. The third-order valence-electron chi connectivity index (χ3n) is 2.63. The van der Waals surface area contributed by atoms with Gasteiger partial charge in [0.15, 0.2) is 0 Å². The highest BCUT2D eigenvalue weighted by molar-refractivity contribution is 6.78. The largest absolute Gasteiger partial charge is 0.298 e. The molecule has 0 bridgehead atoms. The number of carbonyl (C=O) groups is 1. The lowest BCUT2D eigenvalue weighted by Crippen LogP contribution is -2.24. The number of ketones is 1. The van der Waals surface area contributed by atoms with E-state index in [9.17, 15) is 9.59 Å². The maximum Gasteiger partial charge on any atom is 0.279 e. The average Bonchev–Trinajstić information content (AvgIpc) is 2.44. The van der Waals surface area contributed by atoms with Gasteiger partial charge in [0.25, 0.3) is 12.1 Å². The molecule has 0 heterocycles. The molecule has 0 spiro atoms. The van der Waals surface area contributed by atoms with Crippen molar-refractivity contribution < 1.29 is 9.59 Å². The lowest BCUT2D eigenvalue weighted by molar-refractivity contribution is -0.107. The highest BCUT2D eigenvalue weighted by Crippen LogP contribution is 2.19. The van der Waals surface area contributed by atoms with Crippen LogP contribution in [0.3, 0.4) is 0 Å². The number of hydrogen-bond donors (Lipinski definition) is 2. The Balaban J connectivity index is 2.55. The molecule has 2 aromatic rings. The minimum atomic E-state index is -1.10. The highest BCUT2D eigenvalue weighted by atomic mass is 16.2. The Morgan fingerprint density at radius 2 is 1.67 bits per heavy atom. The molecule has 0 amide bonds. The van der Waals surface area contributed by atoms with Crippen LogP contribution in [0.25, 0.3) is 10.8 Å². The Hall–Kier alpha value is -2.62. The van der Waals surface area contributed by atoms with E-state index >= 15 is 0 Å². The summed E-state index contributed by atoms with van der Waals surface area (Å²) >= 11 is 0. The van der Waals surface area contributed by atoms with Crippen molar-refractivity contribution in [1.82, 2.24) is 0 Å². The summed E-state index contributed by atoms with van der Waals surface area (Å²) in [4.78, 5) is 21.3. The van der Waals surface area contributed by atoms with E-state index in [2.05, 4.69) is 0 Å². The monoisotopic (exact) mass is 237 g/mol. The van der Waals surface area contributed by atoms with E-state index in [1.807, 2.05) is 30.3 Å². The summed E-state index contributed by atoms with van der Waals surface area (Å²) in [6.07, 6.45) is 1.11. The van der Waals surface area contributed by atoms with Crippen molar-refractivity contribution in [2.75, 3.05) is 0 Å². The molecule has 0 fully saturated rings. The number of benzene rings is 2. The van der Waals surface area contributed by atoms with Gasteiger partial charge in [-0.3, -0.25) is 20.4 Å². The molecular weight excluding hydrogens is 228 g/mol. The molecule has 0 saturated heterocycles. The Labute approximate surface area is 103 Å². The smallest absolute Gasteiger partial charge is 0.279 e. The van der Waals surface area contributed by atoms with Crippen molar-refractivity contribution in [3.63, 3.8) is 0 Å². The fourth-order valence-electron chi connectivity index (χ4n) is 1.74. The van der Waals surface area contributed by atoms with E-state index in [1.165, 1.54) is 0 Å². The van der Waals surface area contributed by atoms with Crippen LogP contribution in [0.4, 0.5) is 0 Å². The summed E-state index contributed by atoms with van der Waals surface area (Å²) in [7, 11) is 0. The zero-order valence-electron chi connectivity index (χ0n) is 9.36. The first-order valence-corrected chi connectivity index (χ1v) is 5.23. The van der Waals surface area contributed by atoms with Crippen LogP contribution in [0.5, 0.6) is 0 Å². The molecule has 0 aliphatic heterocycles. The molecular formula is C14H9N2O2. The predicted octanol–water partition coefficient (Wildman–Crippen LogP) is 1.91. The van der Waals surface area contributed by atoms with Crippen LogP contribution < -0.4 is 0 Å². The van der Waals surface area contributed by atoms with Crippen molar-refractivity contribution in [3.8, 4) is 0 Å². The highest BCUT2D eigenvalue weighted by Gasteiger charge is 2.17. The van der Waals surface area contributed by atoms with Gasteiger partial charge in [0.1, 0.15) is 5.71 Å². The molecule has 0 aliphatic rings. The molecule has 4 nitrogen and oxygen atoms in total. The van der Waals surface area contributed by atoms with Gasteiger partial charge >= 0.3 is 0 Å². The molecule has 0 aliphatic carbocycles. The summed E-state index contributed by atoms with van der Waals surface area (Å²) in [6, 6.07) is 12.6. The van der Waals surface area contributed by atoms with E-state index in [-0.39, 0.29) is 5.71 Å². The molecule has 18 heavy (non-hydrogen) atoms. The topological polar surface area (TPSA) is 81.8 Å². The zero-order valence-corrected chi connectivity index (χ0v) is 9.36. The van der Waals surface area contributed by atoms with Crippen LogP contribution in [-0.2, 0) is 9.59 Å². The van der Waals surface area contributed by atoms with Gasteiger partial charge in [0, 0.05) is 5.56 Å². The summed E-state index contributed by atoms with van der Waals surface area (Å²) in [5, 5.41) is 17.0. The Morgan fingerprint density at radius 1 is 1.00 bits per heavy atom. The Kier molecular flexibility index (Phi) is 3.10. The number of hydrogen-bond acceptors (Lipinski definition) is 4. The summed E-state index contributed by atoms with van der Waals surface area (Å²) < 4.78 is 0. The first-order chi connectivity index (χ1) is 8.65. The van der Waals surface area contributed by atoms with Crippen LogP contribution in [0.2, 0.25) is 0 Å². The molecule has 0 atom stereocenters. The quantitative estimate of drug-likeness (QED) is 0.629. The molecule has 0 unspecified atom stereocenters. The predicted molar refractivity (Wildman–Crippen MR) is 69.2 cm³/mol. The van der Waals surface area contributed by atoms with Gasteiger partial charge in [-0.2, -0.15) is 0 Å². The molecule has 2 rings (SSSR count). The van der Waals surface area contributed by atoms with Gasteiger partial charge in [0.2, 0.25) is 0 Å². The lowest BCUT2D eigenvalue weighted by Gasteiger charge is -2.06. The molecule has 1 radical (unpaired) electrons. The normalized spacial score (nSPS) is 10.0. The summed E-state index contributed by atoms with van der Waals surface area (Å²) in [6.45, 7) is 0. The van der Waals surface area contributed by atoms with Crippen molar-refractivity contribution in [2.24, 2.45) is 0 Å². The minimum absolute atomic E-state index is 0.264. The van der Waals surface area contributed by atoms with E-state index in [1.54, 1.807) is 12.1 Å². The van der Waals surface area contributed by atoms with Crippen LogP contribution in [0.15, 0.2) is 42.5 Å². The van der Waals surface area contributed by atoms with E-state index in [0.29, 0.717) is 5.56 Å². The minimum Gasteiger partial charge on any atom is -0.298 e. The number of rotatable bonds is 4. The van der Waals surface area contributed by atoms with Crippen molar-refractivity contribution in [1.29, 1.82) is 10.8 Å². The molecule has 4 heteroatoms. The second-order valence-corrected chi connectivity index (χ2v) is 3.71. The van der Waals surface area contributed by atoms with Crippen molar-refractivity contribution in [3.05, 3.63) is 48.0 Å². The number of carbonyl (C=O) groups excluding carboxylic acids is 2. The van der Waals surface area contributed by atoms with Gasteiger partial charge < -0.3 is 0 Å². The molecule has 87 valence electrons. The summed E-state index contributed by atoms with van der Waals surface area (Å²) in [5.74, 6) is -1.10. The first kappa shape index (κ1) is 11.9. The molecule has 2 aromatic carbocycles. The van der Waals surface area contributed by atoms with E-state index in [0.717, 1.165) is 17.1 Å². The SMILES string of the molecule is N=C(C(=N)c1cccc2ccccc12)C(=O)[C]=O. The molecule has 0 saturated carbocycles. The van der Waals surface area contributed by atoms with Crippen LogP contribution in [-0.4, -0.2) is 23.5 Å². The van der Waals surface area contributed by atoms with Crippen molar-refractivity contribution >= 4 is 34.3 Å². The van der Waals surface area contributed by atoms with Crippen molar-refractivity contribution in [2.45, 2.75) is 0 Å². The second kappa shape index (κ2) is 4.71. The van der Waals surface area contributed by atoms with Crippen LogP contribution in [0.1, 0.15) is 5.56 Å². The maximum atomic E-state index is 11.1. The van der Waals surface area contributed by atoms with E-state index in [4.69, 9.17) is 10.8 Å². The fourth-order valence-corrected chi connectivity index (χ4v) is 1.74. The maximum absolute atomic E-state index is 11.1. The first-order valence-electron chi connectivity index (χ1n) is 5.23. The van der Waals surface area contributed by atoms with Crippen LogP contribution in [0, 0.1) is 10.8 Å². The Morgan fingerprint density at radius 3 is 2.39 bits per heavy atom. The number of nitrogens with one attached hydrogen (secondary N) is 2. The zero-order chi connectivity index (χ0) is 13.1. The van der Waals surface area contributed by atoms with Gasteiger partial charge in [-0.1, -0.05) is 42.5 Å². The third kappa shape index (κ3) is 1.96. The van der Waals surface area contributed by atoms with Gasteiger partial charge in [-0.25, -0.2) is 0 Å². The van der Waals surface area contributed by atoms with Gasteiger partial charge in [0.05, 0.1) is 5.71 Å². The third-order valence-corrected chi connectivity index (χ3v) is 2.63. The number of Topliss-reactive ketones (excluding diaryl/α,β-unsaturated/α-hetero) is 1. The standard InChI is InChI=1S/C14H9N2O2/c15-13(14(16)12(18)8-17)11-7-3-5-9-4-1-2-6-10(9)11/h1-7,15-16H. The number of fused-ring (bicyclic) bond motifs is 1. The Bertz CT molecular complexity index is 669. The van der Waals surface area contributed by atoms with Crippen LogP contribution >= 0.6 is 0 Å². The average molecular weight is 237 g/mol. The second-order valence-electron chi connectivity index (χ2n) is 3.71. The molecule has 2 N–H and O–H groups in total. The lowest BCUT2D eigenvalue weighted by atomic mass is 9.97. The van der Waals surface area contributed by atoms with E-state index < -0.39 is 11.5 Å².